The van der Waals surface area contributed by atoms with E-state index in [-0.39, 0.29) is 16.9 Å². The number of Topliss-reactive ketones (excluding diaryl/α,β-unsaturated/α-hetero) is 1. The van der Waals surface area contributed by atoms with Gasteiger partial charge in [-0.15, -0.1) is 0 Å². The molecular weight excluding hydrogens is 382 g/mol. The summed E-state index contributed by atoms with van der Waals surface area (Å²) in [6.45, 7) is 9.31. The average Bonchev–Trinajstić information content (AvgIpc) is 2.67. The van der Waals surface area contributed by atoms with E-state index in [1.165, 1.54) is 11.8 Å². The molecule has 0 unspecified atom stereocenters. The number of benzene rings is 2. The minimum Gasteiger partial charge on any atom is -0.326 e. The molecule has 5 nitrogen and oxygen atoms in total. The molecule has 3 rings (SSSR count). The zero-order valence-corrected chi connectivity index (χ0v) is 18.1. The number of aryl methyl sites for hydroxylation is 1. The Morgan fingerprint density at radius 3 is 2.31 bits per heavy atom. The van der Waals surface area contributed by atoms with Crippen molar-refractivity contribution in [3.05, 3.63) is 59.9 Å². The highest BCUT2D eigenvalue weighted by Gasteiger charge is 2.22. The molecular formula is C23H25N3O2S. The summed E-state index contributed by atoms with van der Waals surface area (Å²) < 4.78 is 0. The third kappa shape index (κ3) is 5.01. The number of ketones is 1. The molecule has 0 fully saturated rings. The lowest BCUT2D eigenvalue weighted by atomic mass is 9.95. The molecule has 2 aromatic carbocycles. The highest BCUT2D eigenvalue weighted by molar-refractivity contribution is 8.00. The van der Waals surface area contributed by atoms with Crippen molar-refractivity contribution in [2.24, 2.45) is 5.41 Å². The monoisotopic (exact) mass is 407 g/mol. The molecule has 0 aliphatic carbocycles. The van der Waals surface area contributed by atoms with Crippen LogP contribution in [-0.2, 0) is 4.79 Å². The SMILES string of the molecule is Cc1nc(S[C@@H](C)C(=O)c2ccc(NC(=O)C(C)(C)C)cc2)c2ccccc2n1. The summed E-state index contributed by atoms with van der Waals surface area (Å²) in [4.78, 5) is 34.0. The van der Waals surface area contributed by atoms with E-state index in [0.717, 1.165) is 15.9 Å². The molecule has 1 heterocycles. The average molecular weight is 408 g/mol. The second-order valence-corrected chi connectivity index (χ2v) is 9.33. The molecule has 3 aromatic rings. The van der Waals surface area contributed by atoms with Gasteiger partial charge in [0.2, 0.25) is 5.91 Å². The van der Waals surface area contributed by atoms with Crippen LogP contribution in [0, 0.1) is 12.3 Å². The van der Waals surface area contributed by atoms with Gasteiger partial charge < -0.3 is 5.32 Å². The van der Waals surface area contributed by atoms with Gasteiger partial charge in [0.1, 0.15) is 10.9 Å². The maximum atomic E-state index is 12.9. The largest absolute Gasteiger partial charge is 0.326 e. The lowest BCUT2D eigenvalue weighted by Crippen LogP contribution is -2.27. The molecule has 0 saturated carbocycles. The number of fused-ring (bicyclic) bond motifs is 1. The smallest absolute Gasteiger partial charge is 0.229 e. The summed E-state index contributed by atoms with van der Waals surface area (Å²) in [7, 11) is 0. The predicted octanol–water partition coefficient (Wildman–Crippen LogP) is 5.29. The van der Waals surface area contributed by atoms with Gasteiger partial charge in [-0.25, -0.2) is 9.97 Å². The number of nitrogens with one attached hydrogen (secondary N) is 1. The summed E-state index contributed by atoms with van der Waals surface area (Å²) in [5.41, 5.74) is 1.69. The van der Waals surface area contributed by atoms with Gasteiger partial charge in [-0.3, -0.25) is 9.59 Å². The Morgan fingerprint density at radius 1 is 1.00 bits per heavy atom. The van der Waals surface area contributed by atoms with Crippen molar-refractivity contribution in [2.45, 2.75) is 44.9 Å². The van der Waals surface area contributed by atoms with E-state index in [2.05, 4.69) is 15.3 Å². The number of para-hydroxylation sites is 1. The first-order valence-corrected chi connectivity index (χ1v) is 10.4. The number of amides is 1. The van der Waals surface area contributed by atoms with E-state index < -0.39 is 5.41 Å². The summed E-state index contributed by atoms with van der Waals surface area (Å²) in [6, 6.07) is 14.8. The van der Waals surface area contributed by atoms with Gasteiger partial charge in [-0.05, 0) is 44.2 Å². The van der Waals surface area contributed by atoms with Gasteiger partial charge >= 0.3 is 0 Å². The van der Waals surface area contributed by atoms with Gasteiger partial charge in [-0.1, -0.05) is 50.7 Å². The maximum absolute atomic E-state index is 12.9. The Hall–Kier alpha value is -2.73. The number of aromatic nitrogens is 2. The first kappa shape index (κ1) is 21.0. The number of anilines is 1. The number of rotatable bonds is 5. The standard InChI is InChI=1S/C23H25N3O2S/c1-14(29-21-18-8-6-7-9-19(18)24-15(2)25-21)20(27)16-10-12-17(13-11-16)26-22(28)23(3,4)5/h6-14H,1-5H3,(H,26,28)/t14-/m0/s1. The van der Waals surface area contributed by atoms with Crippen molar-refractivity contribution >= 4 is 40.0 Å². The summed E-state index contributed by atoms with van der Waals surface area (Å²) in [5.74, 6) is 0.639. The van der Waals surface area contributed by atoms with E-state index in [0.29, 0.717) is 17.1 Å². The van der Waals surface area contributed by atoms with Gasteiger partial charge in [-0.2, -0.15) is 0 Å². The van der Waals surface area contributed by atoms with E-state index in [9.17, 15) is 9.59 Å². The third-order valence-corrected chi connectivity index (χ3v) is 5.55. The van der Waals surface area contributed by atoms with Crippen LogP contribution in [0.3, 0.4) is 0 Å². The third-order valence-electron chi connectivity index (χ3n) is 4.45. The van der Waals surface area contributed by atoms with Crippen LogP contribution in [0.1, 0.15) is 43.9 Å². The molecule has 6 heteroatoms. The van der Waals surface area contributed by atoms with E-state index in [1.807, 2.05) is 58.9 Å². The summed E-state index contributed by atoms with van der Waals surface area (Å²) in [6.07, 6.45) is 0. The molecule has 1 aromatic heterocycles. The van der Waals surface area contributed by atoms with E-state index in [1.54, 1.807) is 24.3 Å². The van der Waals surface area contributed by atoms with Crippen LogP contribution in [-0.4, -0.2) is 26.9 Å². The highest BCUT2D eigenvalue weighted by atomic mass is 32.2. The van der Waals surface area contributed by atoms with Crippen LogP contribution in [0.4, 0.5) is 5.69 Å². The number of nitrogens with zero attached hydrogens (tertiary/aromatic N) is 2. The molecule has 1 amide bonds. The van der Waals surface area contributed by atoms with E-state index >= 15 is 0 Å². The molecule has 150 valence electrons. The second-order valence-electron chi connectivity index (χ2n) is 8.00. The Balaban J connectivity index is 1.75. The number of carbonyl (C=O) groups is 2. The van der Waals surface area contributed by atoms with Gasteiger partial charge in [0.05, 0.1) is 10.8 Å². The lowest BCUT2D eigenvalue weighted by Gasteiger charge is -2.18. The minimum absolute atomic E-state index is 0.0176. The van der Waals surface area contributed by atoms with Crippen molar-refractivity contribution in [3.63, 3.8) is 0 Å². The van der Waals surface area contributed by atoms with Crippen LogP contribution in [0.5, 0.6) is 0 Å². The van der Waals surface area contributed by atoms with E-state index in [4.69, 9.17) is 0 Å². The van der Waals surface area contributed by atoms with Gasteiger partial charge in [0.25, 0.3) is 0 Å². The van der Waals surface area contributed by atoms with Crippen molar-refractivity contribution in [1.29, 1.82) is 0 Å². The Labute approximate surface area is 175 Å². The molecule has 29 heavy (non-hydrogen) atoms. The molecule has 0 aliphatic heterocycles. The van der Waals surface area contributed by atoms with Crippen LogP contribution >= 0.6 is 11.8 Å². The van der Waals surface area contributed by atoms with Crippen LogP contribution in [0.15, 0.2) is 53.6 Å². The Kier molecular flexibility index (Phi) is 6.03. The molecule has 0 saturated heterocycles. The molecule has 0 aliphatic rings. The Bertz CT molecular complexity index is 1060. The van der Waals surface area contributed by atoms with Crippen LogP contribution in [0.25, 0.3) is 10.9 Å². The lowest BCUT2D eigenvalue weighted by molar-refractivity contribution is -0.123. The second kappa shape index (κ2) is 8.33. The number of hydrogen-bond donors (Lipinski definition) is 1. The topological polar surface area (TPSA) is 72.0 Å². The zero-order chi connectivity index (χ0) is 21.2. The van der Waals surface area contributed by atoms with Crippen LogP contribution in [0.2, 0.25) is 0 Å². The van der Waals surface area contributed by atoms with Crippen molar-refractivity contribution < 1.29 is 9.59 Å². The normalized spacial score (nSPS) is 12.6. The molecule has 1 N–H and O–H groups in total. The molecule has 0 radical (unpaired) electrons. The fourth-order valence-corrected chi connectivity index (χ4v) is 3.80. The number of hydrogen-bond acceptors (Lipinski definition) is 5. The summed E-state index contributed by atoms with van der Waals surface area (Å²) in [5, 5.41) is 4.32. The van der Waals surface area contributed by atoms with Crippen molar-refractivity contribution in [2.75, 3.05) is 5.32 Å². The number of carbonyl (C=O) groups excluding carboxylic acids is 2. The van der Waals surface area contributed by atoms with Gasteiger partial charge in [0, 0.05) is 22.1 Å². The zero-order valence-electron chi connectivity index (χ0n) is 17.3. The molecule has 0 spiro atoms. The molecule has 0 bridgehead atoms. The quantitative estimate of drug-likeness (QED) is 0.354. The fraction of sp³-hybridized carbons (Fsp3) is 0.304. The van der Waals surface area contributed by atoms with Crippen molar-refractivity contribution in [3.8, 4) is 0 Å². The number of thioether (sulfide) groups is 1. The van der Waals surface area contributed by atoms with Crippen LogP contribution < -0.4 is 5.32 Å². The first-order chi connectivity index (χ1) is 13.6. The maximum Gasteiger partial charge on any atom is 0.229 e. The van der Waals surface area contributed by atoms with Gasteiger partial charge in [0.15, 0.2) is 5.78 Å². The predicted molar refractivity (Wildman–Crippen MR) is 118 cm³/mol. The highest BCUT2D eigenvalue weighted by Crippen LogP contribution is 2.30. The fourth-order valence-electron chi connectivity index (χ4n) is 2.74. The first-order valence-electron chi connectivity index (χ1n) is 9.51. The Morgan fingerprint density at radius 2 is 1.66 bits per heavy atom. The summed E-state index contributed by atoms with van der Waals surface area (Å²) >= 11 is 1.44. The minimum atomic E-state index is -0.474. The van der Waals surface area contributed by atoms with Crippen molar-refractivity contribution in [1.82, 2.24) is 9.97 Å². The molecule has 1 atom stereocenters.